The molecule has 190 valence electrons. The van der Waals surface area contributed by atoms with Gasteiger partial charge < -0.3 is 14.6 Å². The van der Waals surface area contributed by atoms with Crippen molar-refractivity contribution in [1.29, 1.82) is 0 Å². The topological polar surface area (TPSA) is 107 Å². The predicted molar refractivity (Wildman–Crippen MR) is 123 cm³/mol. The Morgan fingerprint density at radius 2 is 1.97 bits per heavy atom. The van der Waals surface area contributed by atoms with Gasteiger partial charge in [-0.15, -0.1) is 0 Å². The molecule has 0 aromatic carbocycles. The van der Waals surface area contributed by atoms with E-state index in [0.29, 0.717) is 12.0 Å². The molecule has 9 atom stereocenters. The maximum absolute atomic E-state index is 15.6. The average Bonchev–Trinajstić information content (AvgIpc) is 3.00. The molecule has 0 heterocycles. The van der Waals surface area contributed by atoms with Gasteiger partial charge in [-0.2, -0.15) is 0 Å². The molecule has 1 N–H and O–H groups in total. The van der Waals surface area contributed by atoms with E-state index in [1.807, 2.05) is 13.8 Å². The molecule has 0 aliphatic heterocycles. The summed E-state index contributed by atoms with van der Waals surface area (Å²) >= 11 is 0. The second-order valence-corrected chi connectivity index (χ2v) is 11.0. The Morgan fingerprint density at radius 3 is 2.60 bits per heavy atom. The molecule has 0 radical (unpaired) electrons. The van der Waals surface area contributed by atoms with Gasteiger partial charge in [0, 0.05) is 35.7 Å². The summed E-state index contributed by atoms with van der Waals surface area (Å²) in [5.74, 6) is -3.68. The molecular weight excluding hydrogens is 455 g/mol. The third-order valence-corrected chi connectivity index (χ3v) is 9.27. The number of hydrogen-bond acceptors (Lipinski definition) is 7. The molecule has 0 saturated heterocycles. The first-order valence-corrected chi connectivity index (χ1v) is 12.1. The fraction of sp³-hybridized carbons (Fsp3) is 0.630. The molecule has 3 unspecified atom stereocenters. The largest absolute Gasteiger partial charge is 0.458 e. The Balaban J connectivity index is 1.81. The van der Waals surface area contributed by atoms with Crippen molar-refractivity contribution < 1.29 is 38.1 Å². The van der Waals surface area contributed by atoms with E-state index in [2.05, 4.69) is 6.58 Å². The molecule has 0 aromatic rings. The number of esters is 2. The predicted octanol–water partition coefficient (Wildman–Crippen LogP) is 3.06. The molecule has 4 aliphatic carbocycles. The lowest BCUT2D eigenvalue weighted by atomic mass is 9.46. The summed E-state index contributed by atoms with van der Waals surface area (Å²) in [6, 6.07) is 0. The van der Waals surface area contributed by atoms with Crippen molar-refractivity contribution >= 4 is 23.5 Å². The van der Waals surface area contributed by atoms with E-state index >= 15 is 4.39 Å². The van der Waals surface area contributed by atoms with Crippen molar-refractivity contribution in [3.05, 3.63) is 36.5 Å². The zero-order chi connectivity index (χ0) is 25.9. The van der Waals surface area contributed by atoms with Crippen molar-refractivity contribution in [3.8, 4) is 0 Å². The zero-order valence-corrected chi connectivity index (χ0v) is 20.6. The molecule has 0 aromatic heterocycles. The standard InChI is InChI=1S/C27H33FO7/c1-6-23(33)35-27(22(32)13-34-15(3)29)14(2)9-18-17-11-20(28)19-10-16(30)7-8-25(19,4)24(17)21(31)12-26(18,27)5/h6-8,10,14,17-18,20-21,24,31H,1,9,11-13H2,2-5H3/t14-,17?,18?,20+,21+,24?,25+,26+,27+/m1/s1. The first-order valence-electron chi connectivity index (χ1n) is 12.1. The van der Waals surface area contributed by atoms with Gasteiger partial charge in [0.2, 0.25) is 5.78 Å². The summed E-state index contributed by atoms with van der Waals surface area (Å²) in [5.41, 5.74) is -3.17. The van der Waals surface area contributed by atoms with Crippen LogP contribution in [0.25, 0.3) is 0 Å². The van der Waals surface area contributed by atoms with Crippen LogP contribution in [-0.4, -0.2) is 53.1 Å². The molecule has 0 bridgehead atoms. The van der Waals surface area contributed by atoms with E-state index in [4.69, 9.17) is 9.47 Å². The summed E-state index contributed by atoms with van der Waals surface area (Å²) in [6.07, 6.45) is 3.82. The van der Waals surface area contributed by atoms with Gasteiger partial charge in [-0.05, 0) is 48.8 Å². The molecule has 0 amide bonds. The van der Waals surface area contributed by atoms with Gasteiger partial charge in [0.15, 0.2) is 18.0 Å². The number of Topliss-reactive ketones (excluding diaryl/α,β-unsaturated/α-hetero) is 1. The second-order valence-electron chi connectivity index (χ2n) is 11.0. The molecule has 7 nitrogen and oxygen atoms in total. The van der Waals surface area contributed by atoms with Crippen molar-refractivity contribution in [2.75, 3.05) is 6.61 Å². The smallest absolute Gasteiger partial charge is 0.331 e. The molecule has 0 spiro atoms. The number of ether oxygens (including phenoxy) is 2. The van der Waals surface area contributed by atoms with Crippen LogP contribution in [0, 0.1) is 34.5 Å². The van der Waals surface area contributed by atoms with E-state index in [0.717, 1.165) is 6.08 Å². The SMILES string of the molecule is C=CC(=O)O[C@]1(C(=O)COC(C)=O)[C@H](C)CC2C3C[C@H](F)C4=CC(=O)C=C[C@]4(C)C3[C@@H](O)C[C@@]21C. The summed E-state index contributed by atoms with van der Waals surface area (Å²) < 4.78 is 26.4. The van der Waals surface area contributed by atoms with Gasteiger partial charge in [-0.25, -0.2) is 9.18 Å². The van der Waals surface area contributed by atoms with Crippen molar-refractivity contribution in [1.82, 2.24) is 0 Å². The Hall–Kier alpha value is -2.61. The second kappa shape index (κ2) is 8.50. The first-order chi connectivity index (χ1) is 16.3. The van der Waals surface area contributed by atoms with Crippen LogP contribution in [0.15, 0.2) is 36.5 Å². The molecule has 35 heavy (non-hydrogen) atoms. The minimum atomic E-state index is -1.68. The lowest BCUT2D eigenvalue weighted by Crippen LogP contribution is -2.65. The van der Waals surface area contributed by atoms with Crippen molar-refractivity contribution in [3.63, 3.8) is 0 Å². The third-order valence-electron chi connectivity index (χ3n) is 9.27. The maximum Gasteiger partial charge on any atom is 0.331 e. The number of carbonyl (C=O) groups excluding carboxylic acids is 4. The van der Waals surface area contributed by atoms with E-state index in [-0.39, 0.29) is 36.4 Å². The highest BCUT2D eigenvalue weighted by Crippen LogP contribution is 2.69. The van der Waals surface area contributed by atoms with Gasteiger partial charge in [0.05, 0.1) is 6.10 Å². The number of aliphatic hydroxyl groups is 1. The maximum atomic E-state index is 15.6. The zero-order valence-electron chi connectivity index (χ0n) is 20.6. The summed E-state index contributed by atoms with van der Waals surface area (Å²) in [4.78, 5) is 49.6. The lowest BCUT2D eigenvalue weighted by molar-refractivity contribution is -0.204. The Kier molecular flexibility index (Phi) is 6.19. The number of alkyl halides is 1. The number of carbonyl (C=O) groups is 4. The van der Waals surface area contributed by atoms with E-state index in [9.17, 15) is 24.3 Å². The van der Waals surface area contributed by atoms with Crippen molar-refractivity contribution in [2.24, 2.45) is 34.5 Å². The average molecular weight is 489 g/mol. The van der Waals surface area contributed by atoms with Crippen LogP contribution < -0.4 is 0 Å². The molecule has 4 rings (SSSR count). The summed E-state index contributed by atoms with van der Waals surface area (Å²) in [7, 11) is 0. The number of fused-ring (bicyclic) bond motifs is 5. The minimum absolute atomic E-state index is 0.0981. The van der Waals surface area contributed by atoms with Crippen LogP contribution in [0.1, 0.15) is 47.0 Å². The highest BCUT2D eigenvalue weighted by Gasteiger charge is 2.73. The van der Waals surface area contributed by atoms with Crippen LogP contribution in [-0.2, 0) is 28.7 Å². The monoisotopic (exact) mass is 488 g/mol. The van der Waals surface area contributed by atoms with Gasteiger partial charge in [-0.1, -0.05) is 33.4 Å². The van der Waals surface area contributed by atoms with Crippen LogP contribution >= 0.6 is 0 Å². The third kappa shape index (κ3) is 3.55. The fourth-order valence-corrected chi connectivity index (χ4v) is 8.00. The molecule has 8 heteroatoms. The first kappa shape index (κ1) is 25.5. The van der Waals surface area contributed by atoms with E-state index in [1.54, 1.807) is 13.0 Å². The quantitative estimate of drug-likeness (QED) is 0.468. The number of hydrogen-bond donors (Lipinski definition) is 1. The Bertz CT molecular complexity index is 1050. The van der Waals surface area contributed by atoms with Crippen molar-refractivity contribution in [2.45, 2.75) is 64.8 Å². The molecule has 3 fully saturated rings. The number of halogens is 1. The van der Waals surface area contributed by atoms with Gasteiger partial charge in [0.25, 0.3) is 0 Å². The molecular formula is C27H33FO7. The van der Waals surface area contributed by atoms with E-state index in [1.165, 1.54) is 19.1 Å². The van der Waals surface area contributed by atoms with Crippen LogP contribution in [0.3, 0.4) is 0 Å². The van der Waals surface area contributed by atoms with Gasteiger partial charge >= 0.3 is 11.9 Å². The van der Waals surface area contributed by atoms with Crippen LogP contribution in [0.4, 0.5) is 4.39 Å². The number of allylic oxidation sites excluding steroid dienone is 4. The summed E-state index contributed by atoms with van der Waals surface area (Å²) in [6.45, 7) is 9.54. The molecule has 4 aliphatic rings. The van der Waals surface area contributed by atoms with Crippen LogP contribution in [0.5, 0.6) is 0 Å². The number of rotatable bonds is 5. The number of ketones is 2. The highest BCUT2D eigenvalue weighted by molar-refractivity contribution is 6.01. The normalized spacial score (nSPS) is 43.8. The van der Waals surface area contributed by atoms with E-state index < -0.39 is 59.0 Å². The summed E-state index contributed by atoms with van der Waals surface area (Å²) in [5, 5.41) is 11.6. The van der Waals surface area contributed by atoms with Crippen LogP contribution in [0.2, 0.25) is 0 Å². The van der Waals surface area contributed by atoms with Gasteiger partial charge in [-0.3, -0.25) is 14.4 Å². The fourth-order valence-electron chi connectivity index (χ4n) is 8.00. The van der Waals surface area contributed by atoms with Gasteiger partial charge in [0.1, 0.15) is 6.17 Å². The lowest BCUT2D eigenvalue weighted by Gasteiger charge is -2.60. The number of aliphatic hydroxyl groups excluding tert-OH is 1. The Labute approximate surface area is 204 Å². The Morgan fingerprint density at radius 1 is 1.29 bits per heavy atom. The minimum Gasteiger partial charge on any atom is -0.458 e. The molecule has 3 saturated carbocycles. The highest BCUT2D eigenvalue weighted by atomic mass is 19.1.